The molecule has 1 saturated heterocycles. The Kier molecular flexibility index (Phi) is 3.33. The summed E-state index contributed by atoms with van der Waals surface area (Å²) in [4.78, 5) is 11.3. The molecule has 2 aliphatic carbocycles. The number of rotatable bonds is 5. The van der Waals surface area contributed by atoms with E-state index in [9.17, 15) is 4.79 Å². The van der Waals surface area contributed by atoms with Gasteiger partial charge >= 0.3 is 5.97 Å². The van der Waals surface area contributed by atoms with Gasteiger partial charge in [0.15, 0.2) is 0 Å². The second-order valence-corrected chi connectivity index (χ2v) is 6.76. The van der Waals surface area contributed by atoms with Crippen molar-refractivity contribution in [2.24, 2.45) is 23.7 Å². The van der Waals surface area contributed by atoms with E-state index in [2.05, 4.69) is 42.5 Å². The SMILES string of the molecule is O=C1C[C@@H]2[C@H]3[C@@H](/C=C\CCCc4ccccc4)[C@H]3C[C@@H]2O1. The molecular weight excluding hydrogens is 260 g/mol. The van der Waals surface area contributed by atoms with Gasteiger partial charge in [0.05, 0.1) is 6.42 Å². The number of aryl methyl sites for hydroxylation is 1. The normalized spacial score (nSPS) is 36.6. The Morgan fingerprint density at radius 2 is 2.05 bits per heavy atom. The Morgan fingerprint density at radius 3 is 2.90 bits per heavy atom. The molecule has 0 aromatic heterocycles. The summed E-state index contributed by atoms with van der Waals surface area (Å²) < 4.78 is 5.36. The average Bonchev–Trinajstić information content (AvgIpc) is 2.82. The summed E-state index contributed by atoms with van der Waals surface area (Å²) in [6, 6.07) is 10.7. The smallest absolute Gasteiger partial charge is 0.306 e. The van der Waals surface area contributed by atoms with E-state index in [1.807, 2.05) is 0 Å². The molecule has 0 N–H and O–H groups in total. The molecule has 1 aliphatic heterocycles. The number of benzene rings is 1. The number of unbranched alkanes of at least 4 members (excludes halogenated alkanes) is 1. The Balaban J connectivity index is 1.21. The van der Waals surface area contributed by atoms with E-state index >= 15 is 0 Å². The van der Waals surface area contributed by atoms with Crippen LogP contribution in [0.1, 0.15) is 31.2 Å². The molecule has 0 bridgehead atoms. The third-order valence-electron chi connectivity index (χ3n) is 5.49. The number of hydrogen-bond acceptors (Lipinski definition) is 2. The lowest BCUT2D eigenvalue weighted by atomic mass is 9.96. The third-order valence-corrected chi connectivity index (χ3v) is 5.49. The van der Waals surface area contributed by atoms with Gasteiger partial charge in [0, 0.05) is 5.92 Å². The predicted octanol–water partition coefficient (Wildman–Crippen LogP) is 3.76. The number of carbonyl (C=O) groups is 1. The lowest BCUT2D eigenvalue weighted by Crippen LogP contribution is -2.14. The van der Waals surface area contributed by atoms with Crippen molar-refractivity contribution >= 4 is 5.97 Å². The van der Waals surface area contributed by atoms with E-state index in [0.29, 0.717) is 12.3 Å². The minimum absolute atomic E-state index is 0.0286. The zero-order valence-electron chi connectivity index (χ0n) is 12.3. The van der Waals surface area contributed by atoms with E-state index in [-0.39, 0.29) is 12.1 Å². The van der Waals surface area contributed by atoms with Crippen molar-refractivity contribution in [2.75, 3.05) is 0 Å². The van der Waals surface area contributed by atoms with Gasteiger partial charge in [-0.3, -0.25) is 4.79 Å². The van der Waals surface area contributed by atoms with Gasteiger partial charge in [-0.1, -0.05) is 42.5 Å². The van der Waals surface area contributed by atoms with Crippen molar-refractivity contribution in [3.05, 3.63) is 48.0 Å². The fourth-order valence-corrected chi connectivity index (χ4v) is 4.44. The van der Waals surface area contributed by atoms with Gasteiger partial charge in [-0.2, -0.15) is 0 Å². The van der Waals surface area contributed by atoms with Crippen molar-refractivity contribution in [1.29, 1.82) is 0 Å². The van der Waals surface area contributed by atoms with Crippen LogP contribution in [0.5, 0.6) is 0 Å². The second kappa shape index (κ2) is 5.32. The molecule has 1 heterocycles. The van der Waals surface area contributed by atoms with Crippen LogP contribution in [0.3, 0.4) is 0 Å². The number of esters is 1. The summed E-state index contributed by atoms with van der Waals surface area (Å²) in [5.41, 5.74) is 1.43. The molecule has 0 spiro atoms. The van der Waals surface area contributed by atoms with Crippen LogP contribution in [-0.4, -0.2) is 12.1 Å². The topological polar surface area (TPSA) is 26.3 Å². The third kappa shape index (κ3) is 2.52. The van der Waals surface area contributed by atoms with Gasteiger partial charge in [-0.05, 0) is 49.0 Å². The van der Waals surface area contributed by atoms with Gasteiger partial charge in [-0.15, -0.1) is 0 Å². The molecule has 110 valence electrons. The quantitative estimate of drug-likeness (QED) is 0.467. The minimum Gasteiger partial charge on any atom is -0.462 e. The molecule has 2 nitrogen and oxygen atoms in total. The number of hydrogen-bond donors (Lipinski definition) is 0. The molecule has 0 amide bonds. The average molecular weight is 282 g/mol. The van der Waals surface area contributed by atoms with Crippen LogP contribution in [-0.2, 0) is 16.0 Å². The fourth-order valence-electron chi connectivity index (χ4n) is 4.44. The molecule has 3 fully saturated rings. The van der Waals surface area contributed by atoms with Crippen LogP contribution >= 0.6 is 0 Å². The highest BCUT2D eigenvalue weighted by Crippen LogP contribution is 2.64. The Morgan fingerprint density at radius 1 is 1.19 bits per heavy atom. The molecule has 3 aliphatic rings. The van der Waals surface area contributed by atoms with Crippen LogP contribution < -0.4 is 0 Å². The highest BCUT2D eigenvalue weighted by molar-refractivity contribution is 5.72. The molecule has 1 aromatic rings. The van der Waals surface area contributed by atoms with E-state index < -0.39 is 0 Å². The van der Waals surface area contributed by atoms with E-state index in [4.69, 9.17) is 4.74 Å². The molecule has 2 heteroatoms. The molecule has 0 radical (unpaired) electrons. The number of ether oxygens (including phenoxy) is 1. The molecule has 5 atom stereocenters. The highest BCUT2D eigenvalue weighted by Gasteiger charge is 2.63. The van der Waals surface area contributed by atoms with Crippen molar-refractivity contribution in [1.82, 2.24) is 0 Å². The van der Waals surface area contributed by atoms with E-state index in [0.717, 1.165) is 37.0 Å². The summed E-state index contributed by atoms with van der Waals surface area (Å²) in [5.74, 6) is 2.84. The number of allylic oxidation sites excluding steroid dienone is 2. The lowest BCUT2D eigenvalue weighted by molar-refractivity contribution is -0.141. The highest BCUT2D eigenvalue weighted by atomic mass is 16.6. The second-order valence-electron chi connectivity index (χ2n) is 6.76. The maximum absolute atomic E-state index is 11.3. The maximum atomic E-state index is 11.3. The molecular formula is C19H22O2. The van der Waals surface area contributed by atoms with Crippen LogP contribution in [0.25, 0.3) is 0 Å². The van der Waals surface area contributed by atoms with Crippen LogP contribution in [0.15, 0.2) is 42.5 Å². The van der Waals surface area contributed by atoms with Gasteiger partial charge in [0.1, 0.15) is 6.10 Å². The minimum atomic E-state index is 0.0286. The van der Waals surface area contributed by atoms with Crippen molar-refractivity contribution in [2.45, 2.75) is 38.2 Å². The molecule has 0 unspecified atom stereocenters. The van der Waals surface area contributed by atoms with Crippen LogP contribution in [0.2, 0.25) is 0 Å². The van der Waals surface area contributed by atoms with E-state index in [1.165, 1.54) is 12.0 Å². The summed E-state index contributed by atoms with van der Waals surface area (Å²) in [7, 11) is 0. The monoisotopic (exact) mass is 282 g/mol. The first-order valence-corrected chi connectivity index (χ1v) is 8.23. The zero-order chi connectivity index (χ0) is 14.2. The molecule has 21 heavy (non-hydrogen) atoms. The molecule has 2 saturated carbocycles. The first-order valence-electron chi connectivity index (χ1n) is 8.23. The number of carbonyl (C=O) groups excluding carboxylic acids is 1. The summed E-state index contributed by atoms with van der Waals surface area (Å²) in [6.45, 7) is 0. The Bertz CT molecular complexity index is 548. The van der Waals surface area contributed by atoms with E-state index in [1.54, 1.807) is 0 Å². The zero-order valence-corrected chi connectivity index (χ0v) is 12.3. The van der Waals surface area contributed by atoms with Gasteiger partial charge in [0.25, 0.3) is 0 Å². The van der Waals surface area contributed by atoms with Crippen molar-refractivity contribution in [3.8, 4) is 0 Å². The van der Waals surface area contributed by atoms with Crippen molar-refractivity contribution in [3.63, 3.8) is 0 Å². The standard InChI is InChI=1S/C19H22O2/c20-18-12-16-17(21-18)11-15-14(19(15)16)10-6-2-5-9-13-7-3-1-4-8-13/h1,3-4,6-8,10,14-17,19H,2,5,9,11-12H2/b10-6-/t14-,15+,16-,17-,19-/m0/s1. The van der Waals surface area contributed by atoms with Gasteiger partial charge < -0.3 is 4.74 Å². The summed E-state index contributed by atoms with van der Waals surface area (Å²) >= 11 is 0. The van der Waals surface area contributed by atoms with Crippen LogP contribution in [0.4, 0.5) is 0 Å². The Hall–Kier alpha value is -1.57. The largest absolute Gasteiger partial charge is 0.462 e. The lowest BCUT2D eigenvalue weighted by Gasteiger charge is -2.11. The number of fused-ring (bicyclic) bond motifs is 3. The first kappa shape index (κ1) is 13.1. The van der Waals surface area contributed by atoms with Gasteiger partial charge in [-0.25, -0.2) is 0 Å². The summed E-state index contributed by atoms with van der Waals surface area (Å²) in [6.07, 6.45) is 10.4. The fraction of sp³-hybridized carbons (Fsp3) is 0.526. The molecule has 4 rings (SSSR count). The van der Waals surface area contributed by atoms with Gasteiger partial charge in [0.2, 0.25) is 0 Å². The predicted molar refractivity (Wildman–Crippen MR) is 81.6 cm³/mol. The Labute approximate surface area is 126 Å². The first-order chi connectivity index (χ1) is 10.3. The van der Waals surface area contributed by atoms with Crippen LogP contribution in [0, 0.1) is 23.7 Å². The van der Waals surface area contributed by atoms with Crippen molar-refractivity contribution < 1.29 is 9.53 Å². The maximum Gasteiger partial charge on any atom is 0.306 e. The summed E-state index contributed by atoms with van der Waals surface area (Å²) in [5, 5.41) is 0. The molecule has 1 aromatic carbocycles.